The number of nitrogens with one attached hydrogen (secondary N) is 2. The molecule has 2 N–H and O–H groups in total. The molecule has 1 saturated carbocycles. The first kappa shape index (κ1) is 13.6. The van der Waals surface area contributed by atoms with Gasteiger partial charge in [-0.05, 0) is 18.8 Å². The standard InChI is InChI=1S/C9H13F3N2O.ClH/c1-4(9(10,11)12)8(15)14-7-5-2-13-3-6(5)7;/h4-7,13H,2-3H2,1H3,(H,14,15);1H. The number of carbonyl (C=O) groups excluding carboxylic acids is 1. The van der Waals surface area contributed by atoms with Gasteiger partial charge in [0, 0.05) is 19.1 Å². The summed E-state index contributed by atoms with van der Waals surface area (Å²) < 4.78 is 36.6. The zero-order chi connectivity index (χ0) is 11.2. The normalized spacial score (nSPS) is 33.6. The number of hydrogen-bond acceptors (Lipinski definition) is 2. The molecule has 0 bridgehead atoms. The highest BCUT2D eigenvalue weighted by Crippen LogP contribution is 2.42. The van der Waals surface area contributed by atoms with Crippen LogP contribution in [-0.4, -0.2) is 31.2 Å². The molecule has 1 heterocycles. The maximum atomic E-state index is 12.2. The van der Waals surface area contributed by atoms with Gasteiger partial charge in [-0.3, -0.25) is 4.79 Å². The Hall–Kier alpha value is -0.490. The highest BCUT2D eigenvalue weighted by molar-refractivity contribution is 5.85. The minimum absolute atomic E-state index is 0. The van der Waals surface area contributed by atoms with Crippen molar-refractivity contribution in [2.75, 3.05) is 13.1 Å². The Morgan fingerprint density at radius 1 is 1.38 bits per heavy atom. The molecule has 0 aromatic heterocycles. The lowest BCUT2D eigenvalue weighted by atomic mass is 10.1. The van der Waals surface area contributed by atoms with Crippen LogP contribution < -0.4 is 10.6 Å². The van der Waals surface area contributed by atoms with Crippen LogP contribution in [0.4, 0.5) is 13.2 Å². The Bertz CT molecular complexity index is 274. The van der Waals surface area contributed by atoms with Crippen molar-refractivity contribution in [3.8, 4) is 0 Å². The molecular weight excluding hydrogens is 245 g/mol. The lowest BCUT2D eigenvalue weighted by Gasteiger charge is -2.16. The van der Waals surface area contributed by atoms with E-state index in [-0.39, 0.29) is 18.4 Å². The fourth-order valence-electron chi connectivity index (χ4n) is 2.07. The van der Waals surface area contributed by atoms with E-state index >= 15 is 0 Å². The maximum absolute atomic E-state index is 12.2. The molecule has 1 aliphatic carbocycles. The second-order valence-electron chi connectivity index (χ2n) is 4.28. The Kier molecular flexibility index (Phi) is 3.74. The van der Waals surface area contributed by atoms with Crippen molar-refractivity contribution >= 4 is 18.3 Å². The van der Waals surface area contributed by atoms with Crippen LogP contribution in [0.3, 0.4) is 0 Å². The van der Waals surface area contributed by atoms with Crippen LogP contribution in [-0.2, 0) is 4.79 Å². The monoisotopic (exact) mass is 258 g/mol. The predicted octanol–water partition coefficient (Wildman–Crippen LogP) is 0.941. The summed E-state index contributed by atoms with van der Waals surface area (Å²) in [6, 6.07) is -0.0384. The van der Waals surface area contributed by atoms with Gasteiger partial charge in [-0.2, -0.15) is 13.2 Å². The van der Waals surface area contributed by atoms with E-state index < -0.39 is 18.0 Å². The molecule has 1 aliphatic heterocycles. The van der Waals surface area contributed by atoms with Crippen molar-refractivity contribution < 1.29 is 18.0 Å². The van der Waals surface area contributed by atoms with Crippen molar-refractivity contribution in [1.29, 1.82) is 0 Å². The van der Waals surface area contributed by atoms with Crippen LogP contribution in [0.1, 0.15) is 6.92 Å². The van der Waals surface area contributed by atoms with E-state index in [1.165, 1.54) is 0 Å². The lowest BCUT2D eigenvalue weighted by Crippen LogP contribution is -2.41. The van der Waals surface area contributed by atoms with E-state index in [1.54, 1.807) is 0 Å². The van der Waals surface area contributed by atoms with E-state index in [0.29, 0.717) is 11.8 Å². The third kappa shape index (κ3) is 2.43. The summed E-state index contributed by atoms with van der Waals surface area (Å²) in [5.74, 6) is -2.13. The maximum Gasteiger partial charge on any atom is 0.400 e. The number of amides is 1. The SMILES string of the molecule is CC(C(=O)NC1C2CNCC21)C(F)(F)F.Cl. The molecule has 0 spiro atoms. The summed E-state index contributed by atoms with van der Waals surface area (Å²) in [6.45, 7) is 2.50. The molecule has 0 radical (unpaired) electrons. The minimum atomic E-state index is -4.44. The molecule has 0 aromatic rings. The van der Waals surface area contributed by atoms with E-state index in [2.05, 4.69) is 10.6 Å². The van der Waals surface area contributed by atoms with Gasteiger partial charge >= 0.3 is 6.18 Å². The van der Waals surface area contributed by atoms with E-state index in [4.69, 9.17) is 0 Å². The number of rotatable bonds is 2. The van der Waals surface area contributed by atoms with Crippen LogP contribution in [0.5, 0.6) is 0 Å². The van der Waals surface area contributed by atoms with Crippen LogP contribution in [0, 0.1) is 17.8 Å². The van der Waals surface area contributed by atoms with Gasteiger partial charge in [0.2, 0.25) is 5.91 Å². The fourth-order valence-corrected chi connectivity index (χ4v) is 2.07. The molecule has 3 unspecified atom stereocenters. The summed E-state index contributed by atoms with van der Waals surface area (Å²) in [4.78, 5) is 11.2. The molecule has 3 atom stereocenters. The van der Waals surface area contributed by atoms with Gasteiger partial charge in [0.15, 0.2) is 0 Å². The minimum Gasteiger partial charge on any atom is -0.352 e. The van der Waals surface area contributed by atoms with E-state index in [0.717, 1.165) is 20.0 Å². The Labute approximate surface area is 97.6 Å². The number of piperidine rings is 1. The second kappa shape index (κ2) is 4.41. The van der Waals surface area contributed by atoms with Crippen molar-refractivity contribution in [2.24, 2.45) is 17.8 Å². The molecule has 16 heavy (non-hydrogen) atoms. The molecule has 2 fully saturated rings. The predicted molar refractivity (Wildman–Crippen MR) is 54.2 cm³/mol. The third-order valence-electron chi connectivity index (χ3n) is 3.28. The molecule has 3 nitrogen and oxygen atoms in total. The molecule has 1 amide bonds. The molecular formula is C9H14ClF3N2O. The first-order chi connectivity index (χ1) is 6.91. The average molecular weight is 259 g/mol. The largest absolute Gasteiger partial charge is 0.400 e. The zero-order valence-corrected chi connectivity index (χ0v) is 9.49. The Balaban J connectivity index is 0.00000128. The van der Waals surface area contributed by atoms with Gasteiger partial charge in [0.05, 0.1) is 0 Å². The summed E-state index contributed by atoms with van der Waals surface area (Å²) in [6.07, 6.45) is -4.44. The first-order valence-electron chi connectivity index (χ1n) is 4.99. The Morgan fingerprint density at radius 2 is 1.88 bits per heavy atom. The van der Waals surface area contributed by atoms with Crippen molar-refractivity contribution in [3.05, 3.63) is 0 Å². The quantitative estimate of drug-likeness (QED) is 0.774. The second-order valence-corrected chi connectivity index (χ2v) is 4.28. The summed E-state index contributed by atoms with van der Waals surface area (Å²) >= 11 is 0. The smallest absolute Gasteiger partial charge is 0.352 e. The fraction of sp³-hybridized carbons (Fsp3) is 0.889. The zero-order valence-electron chi connectivity index (χ0n) is 8.67. The molecule has 2 aliphatic rings. The molecule has 1 saturated heterocycles. The summed E-state index contributed by atoms with van der Waals surface area (Å²) in [5.41, 5.74) is 0. The first-order valence-corrected chi connectivity index (χ1v) is 4.99. The number of halogens is 4. The van der Waals surface area contributed by atoms with Gasteiger partial charge in [-0.25, -0.2) is 0 Å². The van der Waals surface area contributed by atoms with Crippen molar-refractivity contribution in [3.63, 3.8) is 0 Å². The van der Waals surface area contributed by atoms with Gasteiger partial charge < -0.3 is 10.6 Å². The molecule has 2 rings (SSSR count). The van der Waals surface area contributed by atoms with Crippen LogP contribution in [0.25, 0.3) is 0 Å². The van der Waals surface area contributed by atoms with Crippen LogP contribution >= 0.6 is 12.4 Å². The van der Waals surface area contributed by atoms with Gasteiger partial charge in [-0.15, -0.1) is 12.4 Å². The van der Waals surface area contributed by atoms with Crippen LogP contribution in [0.2, 0.25) is 0 Å². The number of hydrogen-bond donors (Lipinski definition) is 2. The van der Waals surface area contributed by atoms with E-state index in [1.807, 2.05) is 0 Å². The third-order valence-corrected chi connectivity index (χ3v) is 3.28. The highest BCUT2D eigenvalue weighted by Gasteiger charge is 2.54. The van der Waals surface area contributed by atoms with Gasteiger partial charge in [0.1, 0.15) is 5.92 Å². The van der Waals surface area contributed by atoms with Crippen molar-refractivity contribution in [2.45, 2.75) is 19.1 Å². The summed E-state index contributed by atoms with van der Waals surface area (Å²) in [7, 11) is 0. The van der Waals surface area contributed by atoms with Gasteiger partial charge in [-0.1, -0.05) is 0 Å². The number of carbonyl (C=O) groups is 1. The molecule has 0 aromatic carbocycles. The average Bonchev–Trinajstić information content (AvgIpc) is 2.62. The molecule has 7 heteroatoms. The highest BCUT2D eigenvalue weighted by atomic mass is 35.5. The topological polar surface area (TPSA) is 41.1 Å². The Morgan fingerprint density at radius 3 is 2.31 bits per heavy atom. The van der Waals surface area contributed by atoms with Crippen LogP contribution in [0.15, 0.2) is 0 Å². The van der Waals surface area contributed by atoms with E-state index in [9.17, 15) is 18.0 Å². The van der Waals surface area contributed by atoms with Crippen molar-refractivity contribution in [1.82, 2.24) is 10.6 Å². The van der Waals surface area contributed by atoms with Gasteiger partial charge in [0.25, 0.3) is 0 Å². The lowest BCUT2D eigenvalue weighted by molar-refractivity contribution is -0.179. The molecule has 94 valence electrons. The summed E-state index contributed by atoms with van der Waals surface area (Å²) in [5, 5.41) is 5.57. The number of alkyl halides is 3. The number of fused-ring (bicyclic) bond motifs is 1.